The Labute approximate surface area is 220 Å². The van der Waals surface area contributed by atoms with Crippen LogP contribution in [-0.2, 0) is 28.1 Å². The highest BCUT2D eigenvalue weighted by Gasteiger charge is 2.34. The summed E-state index contributed by atoms with van der Waals surface area (Å²) in [5.41, 5.74) is 2.97. The molecule has 3 aromatic rings. The van der Waals surface area contributed by atoms with E-state index in [9.17, 15) is 17.8 Å². The first kappa shape index (κ1) is 25.5. The molecule has 0 spiro atoms. The number of halogens is 1. The van der Waals surface area contributed by atoms with Gasteiger partial charge in [-0.2, -0.15) is 18.4 Å². The molecule has 1 fully saturated rings. The fraction of sp³-hybridized carbons (Fsp3) is 0.400. The fourth-order valence-corrected chi connectivity index (χ4v) is 5.85. The highest BCUT2D eigenvalue weighted by atomic mass is 35.5. The van der Waals surface area contributed by atoms with Gasteiger partial charge < -0.3 is 14.5 Å². The minimum atomic E-state index is -4.56. The Hall–Kier alpha value is -3.15. The molecule has 1 saturated heterocycles. The molecule has 3 heterocycles. The van der Waals surface area contributed by atoms with E-state index in [4.69, 9.17) is 16.3 Å². The average Bonchev–Trinajstić information content (AvgIpc) is 2.90. The molecule has 0 unspecified atom stereocenters. The lowest BCUT2D eigenvalue weighted by atomic mass is 9.95. The number of hydrogen-bond donors (Lipinski definition) is 1. The Morgan fingerprint density at radius 3 is 2.49 bits per heavy atom. The third kappa shape index (κ3) is 4.90. The number of benzene rings is 2. The van der Waals surface area contributed by atoms with Gasteiger partial charge in [0.2, 0.25) is 5.91 Å². The first-order valence-corrected chi connectivity index (χ1v) is 13.8. The summed E-state index contributed by atoms with van der Waals surface area (Å²) in [6.07, 6.45) is 1.61. The number of piperidine rings is 1. The molecule has 2 aromatic carbocycles. The molecule has 0 bridgehead atoms. The molecule has 37 heavy (non-hydrogen) atoms. The summed E-state index contributed by atoms with van der Waals surface area (Å²) in [7, 11) is -1.95. The molecular formula is C25H28ClN5O5S. The second-order valence-electron chi connectivity index (χ2n) is 9.29. The number of fused-ring (bicyclic) bond motifs is 2. The molecule has 0 radical (unpaired) electrons. The fourth-order valence-electron chi connectivity index (χ4n) is 5.20. The van der Waals surface area contributed by atoms with Gasteiger partial charge in [0.1, 0.15) is 5.82 Å². The van der Waals surface area contributed by atoms with Gasteiger partial charge in [0.25, 0.3) is 0 Å². The van der Waals surface area contributed by atoms with Gasteiger partial charge in [-0.1, -0.05) is 35.9 Å². The number of carbonyl (C=O) groups excluding carboxylic acids is 1. The summed E-state index contributed by atoms with van der Waals surface area (Å²) in [4.78, 5) is 26.2. The molecular weight excluding hydrogens is 518 g/mol. The number of aromatic nitrogens is 2. The van der Waals surface area contributed by atoms with Gasteiger partial charge in [0.05, 0.1) is 24.4 Å². The largest absolute Gasteiger partial charge is 0.467 e. The summed E-state index contributed by atoms with van der Waals surface area (Å²) in [5.74, 6) is -0.311. The number of nitrogens with zero attached hydrogens (tertiary/aromatic N) is 5. The molecule has 1 N–H and O–H groups in total. The SMILES string of the molecule is COc1nc2c(c(N3CCC(C(=O)N(C)S(=O)(=O)O)CC3)n1)CCN(c1cccc3cccc(Cl)c13)C2. The van der Waals surface area contributed by atoms with E-state index >= 15 is 0 Å². The smallest absolute Gasteiger partial charge is 0.361 e. The van der Waals surface area contributed by atoms with E-state index in [1.165, 1.54) is 7.11 Å². The number of anilines is 2. The van der Waals surface area contributed by atoms with Crippen LogP contribution < -0.4 is 14.5 Å². The zero-order valence-electron chi connectivity index (χ0n) is 20.6. The van der Waals surface area contributed by atoms with E-state index in [-0.39, 0.29) is 6.01 Å². The molecule has 1 amide bonds. The van der Waals surface area contributed by atoms with Crippen LogP contribution >= 0.6 is 11.6 Å². The third-order valence-electron chi connectivity index (χ3n) is 7.18. The second-order valence-corrected chi connectivity index (χ2v) is 11.1. The summed E-state index contributed by atoms with van der Waals surface area (Å²) in [6, 6.07) is 12.3. The van der Waals surface area contributed by atoms with Crippen molar-refractivity contribution in [1.29, 1.82) is 0 Å². The van der Waals surface area contributed by atoms with Gasteiger partial charge >= 0.3 is 16.3 Å². The maximum absolute atomic E-state index is 12.5. The molecule has 10 nitrogen and oxygen atoms in total. The second kappa shape index (κ2) is 9.96. The minimum absolute atomic E-state index is 0.274. The number of ether oxygens (including phenoxy) is 1. The highest BCUT2D eigenvalue weighted by Crippen LogP contribution is 2.37. The van der Waals surface area contributed by atoms with Crippen LogP contribution in [0.4, 0.5) is 11.5 Å². The van der Waals surface area contributed by atoms with Crippen LogP contribution in [-0.4, -0.2) is 66.9 Å². The van der Waals surface area contributed by atoms with Crippen molar-refractivity contribution in [2.45, 2.75) is 25.8 Å². The van der Waals surface area contributed by atoms with Crippen molar-refractivity contribution in [3.8, 4) is 6.01 Å². The van der Waals surface area contributed by atoms with Crippen LogP contribution in [0.3, 0.4) is 0 Å². The maximum atomic E-state index is 12.5. The summed E-state index contributed by atoms with van der Waals surface area (Å²) < 4.78 is 37.8. The quantitative estimate of drug-likeness (QED) is 0.482. The van der Waals surface area contributed by atoms with Gasteiger partial charge in [-0.15, -0.1) is 0 Å². The predicted octanol–water partition coefficient (Wildman–Crippen LogP) is 3.33. The zero-order valence-corrected chi connectivity index (χ0v) is 22.2. The Morgan fingerprint density at radius 1 is 1.11 bits per heavy atom. The van der Waals surface area contributed by atoms with E-state index in [0.717, 1.165) is 53.5 Å². The van der Waals surface area contributed by atoms with Crippen LogP contribution in [0.2, 0.25) is 5.02 Å². The van der Waals surface area contributed by atoms with E-state index in [2.05, 4.69) is 25.8 Å². The van der Waals surface area contributed by atoms with Crippen molar-refractivity contribution >= 4 is 50.1 Å². The lowest BCUT2D eigenvalue weighted by Crippen LogP contribution is -2.44. The monoisotopic (exact) mass is 545 g/mol. The molecule has 12 heteroatoms. The van der Waals surface area contributed by atoms with Gasteiger partial charge in [-0.05, 0) is 36.8 Å². The Kier molecular flexibility index (Phi) is 6.86. The average molecular weight is 546 g/mol. The van der Waals surface area contributed by atoms with E-state index < -0.39 is 22.1 Å². The predicted molar refractivity (Wildman–Crippen MR) is 142 cm³/mol. The normalized spacial score (nSPS) is 16.5. The number of carbonyl (C=O) groups is 1. The summed E-state index contributed by atoms with van der Waals surface area (Å²) >= 11 is 6.58. The van der Waals surface area contributed by atoms with Crippen LogP contribution in [0.25, 0.3) is 10.8 Å². The van der Waals surface area contributed by atoms with Crippen LogP contribution in [0.5, 0.6) is 6.01 Å². The molecule has 2 aliphatic rings. The highest BCUT2D eigenvalue weighted by molar-refractivity contribution is 7.83. The van der Waals surface area contributed by atoms with Crippen molar-refractivity contribution in [2.24, 2.45) is 5.92 Å². The standard InChI is InChI=1S/C25H28ClN5O5S/c1-29(37(33,34)35)24(32)17-9-12-30(13-10-17)23-18-11-14-31(15-20(18)27-25(28-23)36-2)21-8-4-6-16-5-3-7-19(26)22(16)21/h3-8,17H,9-15H2,1-2H3,(H,33,34,35). The molecule has 1 aromatic heterocycles. The number of amides is 1. The van der Waals surface area contributed by atoms with Crippen LogP contribution in [0.1, 0.15) is 24.1 Å². The van der Waals surface area contributed by atoms with Crippen molar-refractivity contribution in [3.63, 3.8) is 0 Å². The summed E-state index contributed by atoms with van der Waals surface area (Å²) in [5, 5.41) is 2.80. The molecule has 0 aliphatic carbocycles. The Balaban J connectivity index is 1.40. The zero-order chi connectivity index (χ0) is 26.3. The van der Waals surface area contributed by atoms with Gasteiger partial charge in [-0.25, -0.2) is 4.31 Å². The van der Waals surface area contributed by atoms with Gasteiger partial charge in [-0.3, -0.25) is 9.35 Å². The Morgan fingerprint density at radius 2 is 1.81 bits per heavy atom. The maximum Gasteiger partial charge on any atom is 0.361 e. The third-order valence-corrected chi connectivity index (χ3v) is 8.37. The topological polar surface area (TPSA) is 116 Å². The van der Waals surface area contributed by atoms with Crippen molar-refractivity contribution in [3.05, 3.63) is 52.7 Å². The first-order chi connectivity index (χ1) is 17.7. The van der Waals surface area contributed by atoms with Crippen LogP contribution in [0.15, 0.2) is 36.4 Å². The molecule has 196 valence electrons. The van der Waals surface area contributed by atoms with Crippen molar-refractivity contribution in [2.75, 3.05) is 43.6 Å². The molecule has 5 rings (SSSR count). The lowest BCUT2D eigenvalue weighted by Gasteiger charge is -2.37. The molecule has 0 saturated carbocycles. The minimum Gasteiger partial charge on any atom is -0.467 e. The van der Waals surface area contributed by atoms with Gasteiger partial charge in [0, 0.05) is 49.2 Å². The van der Waals surface area contributed by atoms with Gasteiger partial charge in [0.15, 0.2) is 0 Å². The Bertz CT molecular complexity index is 1450. The van der Waals surface area contributed by atoms with Crippen molar-refractivity contribution < 1.29 is 22.5 Å². The number of hydrogen-bond acceptors (Lipinski definition) is 8. The summed E-state index contributed by atoms with van der Waals surface area (Å²) in [6.45, 7) is 2.36. The lowest BCUT2D eigenvalue weighted by molar-refractivity contribution is -0.130. The molecule has 2 aliphatic heterocycles. The molecule has 0 atom stereocenters. The van der Waals surface area contributed by atoms with Crippen molar-refractivity contribution in [1.82, 2.24) is 14.3 Å². The van der Waals surface area contributed by atoms with E-state index in [0.29, 0.717) is 41.8 Å². The first-order valence-electron chi connectivity index (χ1n) is 12.0. The van der Waals surface area contributed by atoms with E-state index in [1.807, 2.05) is 30.3 Å². The van der Waals surface area contributed by atoms with E-state index in [1.54, 1.807) is 0 Å². The number of methoxy groups -OCH3 is 1. The van der Waals surface area contributed by atoms with Crippen LogP contribution in [0, 0.1) is 5.92 Å². The number of rotatable bonds is 5.